The summed E-state index contributed by atoms with van der Waals surface area (Å²) in [4.78, 5) is 4.36. The Hall–Kier alpha value is -2.10. The average molecular weight is 318 g/mol. The van der Waals surface area contributed by atoms with Crippen LogP contribution >= 0.6 is 24.0 Å². The highest BCUT2D eigenvalue weighted by molar-refractivity contribution is 6.33. The third-order valence-electron chi connectivity index (χ3n) is 2.93. The molecule has 0 aliphatic rings. The second-order valence-electron chi connectivity index (χ2n) is 4.27. The van der Waals surface area contributed by atoms with E-state index < -0.39 is 0 Å². The Bertz CT molecular complexity index is 767. The molecule has 2 aromatic carbocycles. The van der Waals surface area contributed by atoms with Crippen molar-refractivity contribution in [3.8, 4) is 0 Å². The van der Waals surface area contributed by atoms with Crippen LogP contribution in [0.5, 0.6) is 0 Å². The maximum Gasteiger partial charge on any atom is 0.0951 e. The van der Waals surface area contributed by atoms with Crippen LogP contribution in [-0.4, -0.2) is 11.2 Å². The number of pyridine rings is 1. The Kier molecular flexibility index (Phi) is 5.14. The predicted molar refractivity (Wildman–Crippen MR) is 91.7 cm³/mol. The third kappa shape index (κ3) is 3.51. The zero-order valence-electron chi connectivity index (χ0n) is 11.0. The molecular weight excluding hydrogens is 305 g/mol. The molecule has 0 unspecified atom stereocenters. The molecule has 3 rings (SSSR count). The van der Waals surface area contributed by atoms with Crippen LogP contribution in [0.4, 0.5) is 5.69 Å². The molecule has 0 spiro atoms. The summed E-state index contributed by atoms with van der Waals surface area (Å²) >= 11 is 6.07. The summed E-state index contributed by atoms with van der Waals surface area (Å²) in [5.41, 5.74) is 5.64. The van der Waals surface area contributed by atoms with Gasteiger partial charge >= 0.3 is 0 Å². The molecule has 0 radical (unpaired) electrons. The molecule has 21 heavy (non-hydrogen) atoms. The minimum absolute atomic E-state index is 0. The first kappa shape index (κ1) is 15.3. The second-order valence-corrected chi connectivity index (χ2v) is 4.68. The van der Waals surface area contributed by atoms with Gasteiger partial charge in [0.05, 0.1) is 17.4 Å². The van der Waals surface area contributed by atoms with E-state index in [0.717, 1.165) is 22.2 Å². The molecule has 0 fully saturated rings. The van der Waals surface area contributed by atoms with Gasteiger partial charge in [-0.25, -0.2) is 0 Å². The van der Waals surface area contributed by atoms with Crippen molar-refractivity contribution < 1.29 is 0 Å². The van der Waals surface area contributed by atoms with Gasteiger partial charge in [0.1, 0.15) is 0 Å². The van der Waals surface area contributed by atoms with Gasteiger partial charge in [0.15, 0.2) is 0 Å². The largest absolute Gasteiger partial charge is 0.276 e. The summed E-state index contributed by atoms with van der Waals surface area (Å²) in [5.74, 6) is 0. The molecule has 3 nitrogen and oxygen atoms in total. The van der Waals surface area contributed by atoms with E-state index in [1.54, 1.807) is 12.4 Å². The summed E-state index contributed by atoms with van der Waals surface area (Å²) in [6, 6.07) is 17.4. The first-order valence-corrected chi connectivity index (χ1v) is 6.60. The van der Waals surface area contributed by atoms with Crippen molar-refractivity contribution in [2.75, 3.05) is 5.43 Å². The van der Waals surface area contributed by atoms with Crippen molar-refractivity contribution in [2.24, 2.45) is 5.10 Å². The number of hydrogen-bond acceptors (Lipinski definition) is 3. The van der Waals surface area contributed by atoms with Gasteiger partial charge in [-0.05, 0) is 18.2 Å². The standard InChI is InChI=1S/C16H12ClN3.ClH/c17-14-8-2-1-5-13(14)11-19-20-15-9-3-6-12-7-4-10-18-16(12)15;/h1-11,20H;1H/b19-11+;. The number of halogens is 2. The van der Waals surface area contributed by atoms with Crippen LogP contribution in [0.25, 0.3) is 10.9 Å². The number of benzene rings is 2. The monoisotopic (exact) mass is 317 g/mol. The lowest BCUT2D eigenvalue weighted by Crippen LogP contribution is -1.93. The predicted octanol–water partition coefficient (Wildman–Crippen LogP) is 4.76. The number of hydrogen-bond donors (Lipinski definition) is 1. The highest BCUT2D eigenvalue weighted by Gasteiger charge is 1.99. The quantitative estimate of drug-likeness (QED) is 0.558. The van der Waals surface area contributed by atoms with Crippen LogP contribution in [0.15, 0.2) is 65.9 Å². The summed E-state index contributed by atoms with van der Waals surface area (Å²) in [5, 5.41) is 5.97. The van der Waals surface area contributed by atoms with Crippen LogP contribution < -0.4 is 5.43 Å². The number of rotatable bonds is 3. The first-order valence-electron chi connectivity index (χ1n) is 6.22. The van der Waals surface area contributed by atoms with E-state index in [2.05, 4.69) is 15.5 Å². The third-order valence-corrected chi connectivity index (χ3v) is 3.27. The number of anilines is 1. The van der Waals surface area contributed by atoms with E-state index in [-0.39, 0.29) is 12.4 Å². The minimum atomic E-state index is 0. The number of fused-ring (bicyclic) bond motifs is 1. The number of hydrazone groups is 1. The van der Waals surface area contributed by atoms with E-state index in [0.29, 0.717) is 5.02 Å². The molecule has 0 saturated heterocycles. The minimum Gasteiger partial charge on any atom is -0.276 e. The molecule has 0 bridgehead atoms. The van der Waals surface area contributed by atoms with Gasteiger partial charge in [0, 0.05) is 22.2 Å². The molecule has 0 saturated carbocycles. The smallest absolute Gasteiger partial charge is 0.0951 e. The van der Waals surface area contributed by atoms with E-state index in [9.17, 15) is 0 Å². The second kappa shape index (κ2) is 7.07. The van der Waals surface area contributed by atoms with Crippen LogP contribution in [-0.2, 0) is 0 Å². The molecule has 1 heterocycles. The van der Waals surface area contributed by atoms with Crippen LogP contribution in [0, 0.1) is 0 Å². The molecule has 0 amide bonds. The Balaban J connectivity index is 0.00000161. The Labute approximate surface area is 134 Å². The summed E-state index contributed by atoms with van der Waals surface area (Å²) in [6.45, 7) is 0. The van der Waals surface area contributed by atoms with E-state index >= 15 is 0 Å². The molecule has 5 heteroatoms. The lowest BCUT2D eigenvalue weighted by Gasteiger charge is -2.04. The average Bonchev–Trinajstić information content (AvgIpc) is 2.49. The molecule has 106 valence electrons. The highest BCUT2D eigenvalue weighted by atomic mass is 35.5. The summed E-state index contributed by atoms with van der Waals surface area (Å²) in [7, 11) is 0. The van der Waals surface area contributed by atoms with Gasteiger partial charge in [0.25, 0.3) is 0 Å². The number of nitrogens with zero attached hydrogens (tertiary/aromatic N) is 2. The lowest BCUT2D eigenvalue weighted by molar-refractivity contribution is 1.33. The van der Waals surface area contributed by atoms with Crippen molar-refractivity contribution in [3.63, 3.8) is 0 Å². The molecule has 0 atom stereocenters. The van der Waals surface area contributed by atoms with Gasteiger partial charge in [-0.2, -0.15) is 5.10 Å². The maximum absolute atomic E-state index is 6.07. The van der Waals surface area contributed by atoms with Gasteiger partial charge in [-0.1, -0.05) is 48.0 Å². The molecular formula is C16H13Cl2N3. The van der Waals surface area contributed by atoms with Gasteiger partial charge in [-0.15, -0.1) is 12.4 Å². The Morgan fingerprint density at radius 3 is 2.67 bits per heavy atom. The van der Waals surface area contributed by atoms with Crippen molar-refractivity contribution >= 4 is 46.8 Å². The van der Waals surface area contributed by atoms with E-state index in [1.165, 1.54) is 0 Å². The SMILES string of the molecule is Cl.Clc1ccccc1/C=N/Nc1cccc2cccnc12. The van der Waals surface area contributed by atoms with Crippen molar-refractivity contribution in [1.29, 1.82) is 0 Å². The zero-order chi connectivity index (χ0) is 13.8. The number of aromatic nitrogens is 1. The van der Waals surface area contributed by atoms with Crippen LogP contribution in [0.2, 0.25) is 5.02 Å². The molecule has 3 aromatic rings. The lowest BCUT2D eigenvalue weighted by atomic mass is 10.2. The van der Waals surface area contributed by atoms with Crippen molar-refractivity contribution in [2.45, 2.75) is 0 Å². The molecule has 1 aromatic heterocycles. The number of para-hydroxylation sites is 1. The van der Waals surface area contributed by atoms with Crippen molar-refractivity contribution in [1.82, 2.24) is 4.98 Å². The number of nitrogens with one attached hydrogen (secondary N) is 1. The molecule has 1 N–H and O–H groups in total. The Morgan fingerprint density at radius 2 is 1.81 bits per heavy atom. The van der Waals surface area contributed by atoms with Crippen LogP contribution in [0.3, 0.4) is 0 Å². The first-order chi connectivity index (χ1) is 9.84. The maximum atomic E-state index is 6.07. The van der Waals surface area contributed by atoms with E-state index in [4.69, 9.17) is 11.6 Å². The fraction of sp³-hybridized carbons (Fsp3) is 0. The topological polar surface area (TPSA) is 37.3 Å². The van der Waals surface area contributed by atoms with E-state index in [1.807, 2.05) is 54.6 Å². The highest BCUT2D eigenvalue weighted by Crippen LogP contribution is 2.20. The zero-order valence-corrected chi connectivity index (χ0v) is 12.6. The van der Waals surface area contributed by atoms with Gasteiger partial charge < -0.3 is 0 Å². The molecule has 0 aliphatic heterocycles. The van der Waals surface area contributed by atoms with Gasteiger partial charge in [0.2, 0.25) is 0 Å². The fourth-order valence-corrected chi connectivity index (χ4v) is 2.13. The normalized spacial score (nSPS) is 10.5. The fourth-order valence-electron chi connectivity index (χ4n) is 1.95. The van der Waals surface area contributed by atoms with Crippen molar-refractivity contribution in [3.05, 3.63) is 71.4 Å². The van der Waals surface area contributed by atoms with Gasteiger partial charge in [-0.3, -0.25) is 10.4 Å². The summed E-state index contributed by atoms with van der Waals surface area (Å²) in [6.07, 6.45) is 3.47. The van der Waals surface area contributed by atoms with Crippen LogP contribution in [0.1, 0.15) is 5.56 Å². The summed E-state index contributed by atoms with van der Waals surface area (Å²) < 4.78 is 0. The molecule has 0 aliphatic carbocycles. The Morgan fingerprint density at radius 1 is 1.00 bits per heavy atom.